The van der Waals surface area contributed by atoms with Crippen molar-refractivity contribution in [3.8, 4) is 5.75 Å². The van der Waals surface area contributed by atoms with Gasteiger partial charge in [-0.25, -0.2) is 0 Å². The Bertz CT molecular complexity index is 469. The first-order valence-corrected chi connectivity index (χ1v) is 6.84. The lowest BCUT2D eigenvalue weighted by molar-refractivity contribution is -0.117. The molecule has 1 aromatic rings. The molecule has 2 N–H and O–H groups in total. The predicted octanol–water partition coefficient (Wildman–Crippen LogP) is 2.29. The van der Waals surface area contributed by atoms with Crippen LogP contribution in [0.5, 0.6) is 5.75 Å². The number of rotatable bonds is 7. The molecule has 1 atom stereocenters. The number of amides is 1. The van der Waals surface area contributed by atoms with Gasteiger partial charge in [-0.3, -0.25) is 4.79 Å². The van der Waals surface area contributed by atoms with E-state index in [1.54, 1.807) is 13.2 Å². The van der Waals surface area contributed by atoms with E-state index in [9.17, 15) is 4.79 Å². The average Bonchev–Trinajstić information content (AvgIpc) is 2.44. The van der Waals surface area contributed by atoms with Crippen LogP contribution in [0, 0.1) is 6.92 Å². The average molecular weight is 277 g/mol. The zero-order valence-electron chi connectivity index (χ0n) is 12.3. The van der Waals surface area contributed by atoms with Crippen LogP contribution in [0.2, 0.25) is 0 Å². The van der Waals surface area contributed by atoms with Gasteiger partial charge >= 0.3 is 0 Å². The van der Waals surface area contributed by atoms with Gasteiger partial charge < -0.3 is 15.2 Å². The van der Waals surface area contributed by atoms with Gasteiger partial charge in [0.2, 0.25) is 5.91 Å². The molecule has 1 unspecified atom stereocenters. The second-order valence-corrected chi connectivity index (χ2v) is 4.70. The molecule has 0 aliphatic rings. The van der Waals surface area contributed by atoms with Crippen molar-refractivity contribution in [2.24, 2.45) is 0 Å². The first-order chi connectivity index (χ1) is 9.60. The van der Waals surface area contributed by atoms with Crippen LogP contribution in [0.15, 0.2) is 24.3 Å². The molecular formula is C16H23NO3. The summed E-state index contributed by atoms with van der Waals surface area (Å²) in [6.07, 6.45) is 4.61. The number of carbonyl (C=O) groups is 1. The Hall–Kier alpha value is -1.81. The number of aliphatic hydroxyl groups excluding tert-OH is 1. The number of methoxy groups -OCH3 is 1. The lowest BCUT2D eigenvalue weighted by atomic mass is 10.1. The molecule has 0 spiro atoms. The van der Waals surface area contributed by atoms with Crippen LogP contribution in [0.25, 0.3) is 6.08 Å². The molecule has 0 fully saturated rings. The van der Waals surface area contributed by atoms with E-state index in [2.05, 4.69) is 5.32 Å². The molecule has 110 valence electrons. The maximum Gasteiger partial charge on any atom is 0.244 e. The maximum atomic E-state index is 11.8. The summed E-state index contributed by atoms with van der Waals surface area (Å²) < 4.78 is 5.26. The van der Waals surface area contributed by atoms with Crippen molar-refractivity contribution in [1.82, 2.24) is 5.32 Å². The number of nitrogens with one attached hydrogen (secondary N) is 1. The van der Waals surface area contributed by atoms with Crippen LogP contribution < -0.4 is 10.1 Å². The third-order valence-corrected chi connectivity index (χ3v) is 3.12. The number of ether oxygens (including phenoxy) is 1. The fourth-order valence-electron chi connectivity index (χ4n) is 1.93. The zero-order valence-corrected chi connectivity index (χ0v) is 12.3. The largest absolute Gasteiger partial charge is 0.496 e. The minimum Gasteiger partial charge on any atom is -0.496 e. The molecule has 0 bridgehead atoms. The summed E-state index contributed by atoms with van der Waals surface area (Å²) >= 11 is 0. The third kappa shape index (κ3) is 5.05. The second kappa shape index (κ2) is 8.38. The first-order valence-electron chi connectivity index (χ1n) is 6.84. The summed E-state index contributed by atoms with van der Waals surface area (Å²) in [6, 6.07) is 5.82. The van der Waals surface area contributed by atoms with Crippen molar-refractivity contribution in [3.05, 3.63) is 35.4 Å². The minimum atomic E-state index is -0.158. The van der Waals surface area contributed by atoms with Gasteiger partial charge in [-0.05, 0) is 38.0 Å². The van der Waals surface area contributed by atoms with Crippen molar-refractivity contribution < 1.29 is 14.6 Å². The normalized spacial score (nSPS) is 12.4. The van der Waals surface area contributed by atoms with Crippen LogP contribution in [-0.4, -0.2) is 30.8 Å². The van der Waals surface area contributed by atoms with Crippen molar-refractivity contribution in [1.29, 1.82) is 0 Å². The molecule has 0 heterocycles. The number of aliphatic hydroxyl groups is 1. The van der Waals surface area contributed by atoms with E-state index in [1.807, 2.05) is 32.0 Å². The van der Waals surface area contributed by atoms with E-state index in [0.29, 0.717) is 6.42 Å². The summed E-state index contributed by atoms with van der Waals surface area (Å²) in [5, 5.41) is 11.8. The molecule has 1 rings (SSSR count). The molecule has 0 aliphatic heterocycles. The van der Waals surface area contributed by atoms with E-state index in [4.69, 9.17) is 9.84 Å². The molecule has 1 amide bonds. The van der Waals surface area contributed by atoms with Crippen LogP contribution in [0.4, 0.5) is 0 Å². The number of hydrogen-bond donors (Lipinski definition) is 2. The molecule has 0 aromatic heterocycles. The third-order valence-electron chi connectivity index (χ3n) is 3.12. The van der Waals surface area contributed by atoms with Gasteiger partial charge in [-0.15, -0.1) is 0 Å². The van der Waals surface area contributed by atoms with Gasteiger partial charge in [0.25, 0.3) is 0 Å². The molecule has 4 nitrogen and oxygen atoms in total. The summed E-state index contributed by atoms with van der Waals surface area (Å²) in [5.74, 6) is 0.580. The van der Waals surface area contributed by atoms with Crippen molar-refractivity contribution >= 4 is 12.0 Å². The Labute approximate surface area is 120 Å². The van der Waals surface area contributed by atoms with E-state index >= 15 is 0 Å². The molecule has 0 saturated carbocycles. The van der Waals surface area contributed by atoms with Crippen molar-refractivity contribution in [2.45, 2.75) is 32.7 Å². The quantitative estimate of drug-likeness (QED) is 0.752. The van der Waals surface area contributed by atoms with E-state index in [-0.39, 0.29) is 18.6 Å². The topological polar surface area (TPSA) is 58.6 Å². The van der Waals surface area contributed by atoms with Crippen molar-refractivity contribution in [2.75, 3.05) is 13.7 Å². The summed E-state index contributed by atoms with van der Waals surface area (Å²) in [4.78, 5) is 11.8. The molecule has 1 aromatic carbocycles. The van der Waals surface area contributed by atoms with Gasteiger partial charge in [-0.1, -0.05) is 18.6 Å². The molecule has 0 saturated heterocycles. The number of carbonyl (C=O) groups excluding carboxylic acids is 1. The Morgan fingerprint density at radius 2 is 2.25 bits per heavy atom. The lowest BCUT2D eigenvalue weighted by Crippen LogP contribution is -2.33. The highest BCUT2D eigenvalue weighted by Crippen LogP contribution is 2.20. The van der Waals surface area contributed by atoms with Crippen LogP contribution >= 0.6 is 0 Å². The van der Waals surface area contributed by atoms with Gasteiger partial charge in [-0.2, -0.15) is 0 Å². The first kappa shape index (κ1) is 16.2. The van der Waals surface area contributed by atoms with E-state index < -0.39 is 0 Å². The van der Waals surface area contributed by atoms with Crippen LogP contribution in [0.1, 0.15) is 30.9 Å². The fraction of sp³-hybridized carbons (Fsp3) is 0.438. The summed E-state index contributed by atoms with van der Waals surface area (Å²) in [5.41, 5.74) is 1.98. The zero-order chi connectivity index (χ0) is 15.0. The molecule has 20 heavy (non-hydrogen) atoms. The smallest absolute Gasteiger partial charge is 0.244 e. The summed E-state index contributed by atoms with van der Waals surface area (Å²) in [6.45, 7) is 4.05. The Balaban J connectivity index is 2.72. The number of hydrogen-bond acceptors (Lipinski definition) is 3. The lowest BCUT2D eigenvalue weighted by Gasteiger charge is -2.14. The predicted molar refractivity (Wildman–Crippen MR) is 80.7 cm³/mol. The second-order valence-electron chi connectivity index (χ2n) is 4.70. The van der Waals surface area contributed by atoms with Gasteiger partial charge in [0.05, 0.1) is 7.11 Å². The molecule has 4 heteroatoms. The monoisotopic (exact) mass is 277 g/mol. The Morgan fingerprint density at radius 3 is 2.85 bits per heavy atom. The molecular weight excluding hydrogens is 254 g/mol. The molecule has 0 aliphatic carbocycles. The Kier molecular flexibility index (Phi) is 6.81. The number of aryl methyl sites for hydroxylation is 1. The highest BCUT2D eigenvalue weighted by molar-refractivity contribution is 5.92. The van der Waals surface area contributed by atoms with E-state index in [0.717, 1.165) is 23.3 Å². The van der Waals surface area contributed by atoms with Crippen LogP contribution in [0.3, 0.4) is 0 Å². The van der Waals surface area contributed by atoms with Gasteiger partial charge in [0.1, 0.15) is 5.75 Å². The van der Waals surface area contributed by atoms with Crippen LogP contribution in [-0.2, 0) is 4.79 Å². The van der Waals surface area contributed by atoms with Gasteiger partial charge in [0, 0.05) is 24.3 Å². The van der Waals surface area contributed by atoms with Crippen molar-refractivity contribution in [3.63, 3.8) is 0 Å². The number of benzene rings is 1. The minimum absolute atomic E-state index is 0.0107. The molecule has 0 radical (unpaired) electrons. The van der Waals surface area contributed by atoms with E-state index in [1.165, 1.54) is 6.08 Å². The highest BCUT2D eigenvalue weighted by atomic mass is 16.5. The standard InChI is InChI=1S/C16H23NO3/c1-4-14(9-10-18)17-16(19)8-6-13-11-12(2)5-7-15(13)20-3/h5-8,11,14,18H,4,9-10H2,1-3H3,(H,17,19)/b8-6+. The fourth-order valence-corrected chi connectivity index (χ4v) is 1.93. The Morgan fingerprint density at radius 1 is 1.50 bits per heavy atom. The van der Waals surface area contributed by atoms with Gasteiger partial charge in [0.15, 0.2) is 0 Å². The highest BCUT2D eigenvalue weighted by Gasteiger charge is 2.07. The SMILES string of the molecule is CCC(CCO)NC(=O)/C=C/c1cc(C)ccc1OC. The maximum absolute atomic E-state index is 11.8. The summed E-state index contributed by atoms with van der Waals surface area (Å²) in [7, 11) is 1.61.